The quantitative estimate of drug-likeness (QED) is 0.821. The van der Waals surface area contributed by atoms with E-state index in [0.29, 0.717) is 5.69 Å². The Morgan fingerprint density at radius 1 is 0.850 bits per heavy atom. The van der Waals surface area contributed by atoms with Gasteiger partial charge in [-0.2, -0.15) is 0 Å². The van der Waals surface area contributed by atoms with E-state index in [1.807, 2.05) is 30.3 Å². The summed E-state index contributed by atoms with van der Waals surface area (Å²) in [5.41, 5.74) is 15.3. The lowest BCUT2D eigenvalue weighted by Gasteiger charge is -2.11. The van der Waals surface area contributed by atoms with Crippen LogP contribution in [0.25, 0.3) is 0 Å². The molecule has 2 aromatic rings. The van der Waals surface area contributed by atoms with Gasteiger partial charge in [-0.25, -0.2) is 0 Å². The summed E-state index contributed by atoms with van der Waals surface area (Å²) >= 11 is 0. The Labute approximate surface area is 119 Å². The first-order valence-electron chi connectivity index (χ1n) is 6.49. The number of nitrogens with two attached hydrogens (primary N) is 2. The van der Waals surface area contributed by atoms with Crippen LogP contribution in [0.5, 0.6) is 11.5 Å². The SMILES string of the molecule is COc1ccc(CCc2ccc(N)cc2N)c(OC)c1. The molecular weight excluding hydrogens is 252 g/mol. The van der Waals surface area contributed by atoms with Gasteiger partial charge in [-0.15, -0.1) is 0 Å². The van der Waals surface area contributed by atoms with Crippen LogP contribution >= 0.6 is 0 Å². The Morgan fingerprint density at radius 2 is 1.55 bits per heavy atom. The first kappa shape index (κ1) is 14.1. The van der Waals surface area contributed by atoms with Gasteiger partial charge in [0.15, 0.2) is 0 Å². The second-order valence-electron chi connectivity index (χ2n) is 4.64. The number of benzene rings is 2. The van der Waals surface area contributed by atoms with Crippen molar-refractivity contribution in [2.75, 3.05) is 25.7 Å². The highest BCUT2D eigenvalue weighted by Gasteiger charge is 2.07. The average molecular weight is 272 g/mol. The summed E-state index contributed by atoms with van der Waals surface area (Å²) in [6.07, 6.45) is 1.69. The van der Waals surface area contributed by atoms with Gasteiger partial charge in [-0.1, -0.05) is 12.1 Å². The number of rotatable bonds is 5. The summed E-state index contributed by atoms with van der Waals surface area (Å²) in [5, 5.41) is 0. The van der Waals surface area contributed by atoms with E-state index in [9.17, 15) is 0 Å². The Morgan fingerprint density at radius 3 is 2.20 bits per heavy atom. The number of ether oxygens (including phenoxy) is 2. The minimum atomic E-state index is 0.688. The molecule has 0 saturated carbocycles. The third kappa shape index (κ3) is 3.15. The van der Waals surface area contributed by atoms with Crippen LogP contribution < -0.4 is 20.9 Å². The molecule has 0 aromatic heterocycles. The minimum Gasteiger partial charge on any atom is -0.497 e. The molecule has 4 N–H and O–H groups in total. The van der Waals surface area contributed by atoms with Crippen LogP contribution in [-0.2, 0) is 12.8 Å². The molecule has 0 unspecified atom stereocenters. The molecule has 4 heteroatoms. The van der Waals surface area contributed by atoms with Crippen molar-refractivity contribution in [2.45, 2.75) is 12.8 Å². The molecular formula is C16H20N2O2. The maximum absolute atomic E-state index is 5.97. The van der Waals surface area contributed by atoms with Crippen molar-refractivity contribution in [1.82, 2.24) is 0 Å². The Kier molecular flexibility index (Phi) is 4.35. The third-order valence-electron chi connectivity index (χ3n) is 3.33. The molecule has 0 bridgehead atoms. The highest BCUT2D eigenvalue weighted by atomic mass is 16.5. The molecule has 0 fully saturated rings. The first-order valence-corrected chi connectivity index (χ1v) is 6.49. The number of anilines is 2. The molecule has 4 nitrogen and oxygen atoms in total. The van der Waals surface area contributed by atoms with Crippen LogP contribution in [0.3, 0.4) is 0 Å². The molecule has 0 aliphatic rings. The summed E-state index contributed by atoms with van der Waals surface area (Å²) in [5.74, 6) is 1.62. The monoisotopic (exact) mass is 272 g/mol. The van der Waals surface area contributed by atoms with Gasteiger partial charge in [0.2, 0.25) is 0 Å². The zero-order valence-corrected chi connectivity index (χ0v) is 11.8. The Hall–Kier alpha value is -2.36. The van der Waals surface area contributed by atoms with Gasteiger partial charge < -0.3 is 20.9 Å². The molecule has 2 rings (SSSR count). The van der Waals surface area contributed by atoms with Gasteiger partial charge in [0, 0.05) is 17.4 Å². The lowest BCUT2D eigenvalue weighted by atomic mass is 10.0. The smallest absolute Gasteiger partial charge is 0.125 e. The molecule has 0 radical (unpaired) electrons. The van der Waals surface area contributed by atoms with Gasteiger partial charge in [0.05, 0.1) is 14.2 Å². The lowest BCUT2D eigenvalue weighted by Crippen LogP contribution is -2.00. The van der Waals surface area contributed by atoms with Crippen molar-refractivity contribution >= 4 is 11.4 Å². The van der Waals surface area contributed by atoms with E-state index in [1.165, 1.54) is 0 Å². The van der Waals surface area contributed by atoms with Crippen molar-refractivity contribution < 1.29 is 9.47 Å². The van der Waals surface area contributed by atoms with Crippen LogP contribution in [0.1, 0.15) is 11.1 Å². The predicted octanol–water partition coefficient (Wildman–Crippen LogP) is 2.65. The summed E-state index contributed by atoms with van der Waals surface area (Å²) < 4.78 is 10.6. The predicted molar refractivity (Wildman–Crippen MR) is 82.2 cm³/mol. The number of nitrogen functional groups attached to an aromatic ring is 2. The Balaban J connectivity index is 2.14. The summed E-state index contributed by atoms with van der Waals surface area (Å²) in [6, 6.07) is 11.5. The van der Waals surface area contributed by atoms with Crippen LogP contribution in [-0.4, -0.2) is 14.2 Å². The second kappa shape index (κ2) is 6.19. The molecule has 106 valence electrons. The summed E-state index contributed by atoms with van der Waals surface area (Å²) in [6.45, 7) is 0. The van der Waals surface area contributed by atoms with Crippen molar-refractivity contribution in [3.8, 4) is 11.5 Å². The van der Waals surface area contributed by atoms with Gasteiger partial charge >= 0.3 is 0 Å². The second-order valence-corrected chi connectivity index (χ2v) is 4.64. The molecule has 0 heterocycles. The summed E-state index contributed by atoms with van der Waals surface area (Å²) in [7, 11) is 3.30. The topological polar surface area (TPSA) is 70.5 Å². The molecule has 0 amide bonds. The normalized spacial score (nSPS) is 10.3. The fourth-order valence-electron chi connectivity index (χ4n) is 2.17. The van der Waals surface area contributed by atoms with Gasteiger partial charge in [-0.05, 0) is 42.2 Å². The highest BCUT2D eigenvalue weighted by Crippen LogP contribution is 2.26. The van der Waals surface area contributed by atoms with Crippen LogP contribution in [0.15, 0.2) is 36.4 Å². The van der Waals surface area contributed by atoms with Crippen molar-refractivity contribution in [3.05, 3.63) is 47.5 Å². The first-order chi connectivity index (χ1) is 9.63. The van der Waals surface area contributed by atoms with E-state index in [1.54, 1.807) is 20.3 Å². The molecule has 2 aromatic carbocycles. The van der Waals surface area contributed by atoms with E-state index in [4.69, 9.17) is 20.9 Å². The van der Waals surface area contributed by atoms with Gasteiger partial charge in [0.1, 0.15) is 11.5 Å². The van der Waals surface area contributed by atoms with Crippen molar-refractivity contribution in [3.63, 3.8) is 0 Å². The van der Waals surface area contributed by atoms with Crippen molar-refractivity contribution in [2.24, 2.45) is 0 Å². The molecule has 0 atom stereocenters. The maximum atomic E-state index is 5.97. The van der Waals surface area contributed by atoms with Gasteiger partial charge in [-0.3, -0.25) is 0 Å². The zero-order valence-electron chi connectivity index (χ0n) is 11.8. The molecule has 20 heavy (non-hydrogen) atoms. The number of hydrogen-bond donors (Lipinski definition) is 2. The number of hydrogen-bond acceptors (Lipinski definition) is 4. The third-order valence-corrected chi connectivity index (χ3v) is 3.33. The zero-order chi connectivity index (χ0) is 14.5. The molecule has 0 aliphatic heterocycles. The standard InChI is InChI=1S/C16H20N2O2/c1-19-14-8-6-12(16(10-14)20-2)4-3-11-5-7-13(17)9-15(11)18/h5-10H,3-4,17-18H2,1-2H3. The van der Waals surface area contributed by atoms with Crippen molar-refractivity contribution in [1.29, 1.82) is 0 Å². The van der Waals surface area contributed by atoms with Crippen LogP contribution in [0.4, 0.5) is 11.4 Å². The fourth-order valence-corrected chi connectivity index (χ4v) is 2.17. The Bertz CT molecular complexity index is 597. The van der Waals surface area contributed by atoms with E-state index in [0.717, 1.165) is 41.2 Å². The van der Waals surface area contributed by atoms with Crippen LogP contribution in [0, 0.1) is 0 Å². The minimum absolute atomic E-state index is 0.688. The molecule has 0 spiro atoms. The molecule has 0 saturated heterocycles. The van der Waals surface area contributed by atoms with E-state index in [2.05, 4.69) is 0 Å². The summed E-state index contributed by atoms with van der Waals surface area (Å²) in [4.78, 5) is 0. The lowest BCUT2D eigenvalue weighted by molar-refractivity contribution is 0.391. The molecule has 0 aliphatic carbocycles. The van der Waals surface area contributed by atoms with E-state index >= 15 is 0 Å². The fraction of sp³-hybridized carbons (Fsp3) is 0.250. The highest BCUT2D eigenvalue weighted by molar-refractivity contribution is 5.57. The van der Waals surface area contributed by atoms with E-state index in [-0.39, 0.29) is 0 Å². The number of methoxy groups -OCH3 is 2. The number of aryl methyl sites for hydroxylation is 2. The van der Waals surface area contributed by atoms with E-state index < -0.39 is 0 Å². The van der Waals surface area contributed by atoms with Crippen LogP contribution in [0.2, 0.25) is 0 Å². The van der Waals surface area contributed by atoms with Gasteiger partial charge in [0.25, 0.3) is 0 Å². The maximum Gasteiger partial charge on any atom is 0.125 e. The largest absolute Gasteiger partial charge is 0.497 e. The average Bonchev–Trinajstić information content (AvgIpc) is 2.46.